The minimum absolute atomic E-state index is 0.0143. The molecule has 1 saturated heterocycles. The monoisotopic (exact) mass is 280 g/mol. The van der Waals surface area contributed by atoms with E-state index in [1.807, 2.05) is 0 Å². The first kappa shape index (κ1) is 8.78. The molecule has 0 amide bonds. The summed E-state index contributed by atoms with van der Waals surface area (Å²) < 4.78 is 5.85. The largest absolute Gasteiger partial charge is 0.461 e. The van der Waals surface area contributed by atoms with Gasteiger partial charge in [-0.1, -0.05) is 29.5 Å². The molecule has 3 heteroatoms. The van der Waals surface area contributed by atoms with Gasteiger partial charge in [-0.25, -0.2) is 0 Å². The van der Waals surface area contributed by atoms with Gasteiger partial charge in [-0.3, -0.25) is 4.79 Å². The molecule has 1 heterocycles. The van der Waals surface area contributed by atoms with E-state index in [0.717, 1.165) is 0 Å². The summed E-state index contributed by atoms with van der Waals surface area (Å²) >= 11 is 2.42. The molecule has 2 fully saturated rings. The summed E-state index contributed by atoms with van der Waals surface area (Å²) in [6.45, 7) is 2.24. The van der Waals surface area contributed by atoms with Crippen LogP contribution in [0.25, 0.3) is 0 Å². The van der Waals surface area contributed by atoms with Crippen molar-refractivity contribution < 1.29 is 9.53 Å². The topological polar surface area (TPSA) is 26.3 Å². The van der Waals surface area contributed by atoms with E-state index in [-0.39, 0.29) is 12.1 Å². The number of hydrogen-bond acceptors (Lipinski definition) is 2. The van der Waals surface area contributed by atoms with Crippen molar-refractivity contribution in [1.82, 2.24) is 0 Å². The first-order valence-electron chi connectivity index (χ1n) is 4.52. The summed E-state index contributed by atoms with van der Waals surface area (Å²) in [6, 6.07) is 0. The molecular formula is C9H13IO2. The SMILES string of the molecule is CC1CC[C@@H](I)C2OC(=O)CC12. The molecule has 0 aromatic carbocycles. The van der Waals surface area contributed by atoms with Crippen LogP contribution in [0, 0.1) is 11.8 Å². The number of ether oxygens (including phenoxy) is 1. The summed E-state index contributed by atoms with van der Waals surface area (Å²) in [6.07, 6.45) is 3.34. The average molecular weight is 280 g/mol. The number of esters is 1. The number of hydrogen-bond donors (Lipinski definition) is 0. The molecule has 2 aliphatic rings. The first-order valence-corrected chi connectivity index (χ1v) is 5.76. The third-order valence-electron chi connectivity index (χ3n) is 3.08. The third-order valence-corrected chi connectivity index (χ3v) is 4.41. The van der Waals surface area contributed by atoms with Gasteiger partial charge in [-0.2, -0.15) is 0 Å². The van der Waals surface area contributed by atoms with Crippen molar-refractivity contribution in [2.75, 3.05) is 0 Å². The molecule has 1 aliphatic carbocycles. The molecule has 3 unspecified atom stereocenters. The van der Waals surface area contributed by atoms with Crippen LogP contribution < -0.4 is 0 Å². The maximum absolute atomic E-state index is 11.1. The molecular weight excluding hydrogens is 267 g/mol. The van der Waals surface area contributed by atoms with Gasteiger partial charge in [0.1, 0.15) is 6.10 Å². The second-order valence-electron chi connectivity index (χ2n) is 3.89. The molecule has 1 saturated carbocycles. The Hall–Kier alpha value is 0.200. The molecule has 1 aliphatic heterocycles. The Balaban J connectivity index is 2.14. The Bertz CT molecular complexity index is 185. The highest BCUT2D eigenvalue weighted by Crippen LogP contribution is 2.41. The molecule has 0 spiro atoms. The van der Waals surface area contributed by atoms with Crippen molar-refractivity contribution in [3.05, 3.63) is 0 Å². The molecule has 2 rings (SSSR count). The Morgan fingerprint density at radius 2 is 2.25 bits per heavy atom. The zero-order chi connectivity index (χ0) is 8.72. The second kappa shape index (κ2) is 3.16. The predicted molar refractivity (Wildman–Crippen MR) is 54.2 cm³/mol. The van der Waals surface area contributed by atoms with Crippen LogP contribution in [0.4, 0.5) is 0 Å². The maximum Gasteiger partial charge on any atom is 0.306 e. The molecule has 0 bridgehead atoms. The smallest absolute Gasteiger partial charge is 0.306 e. The van der Waals surface area contributed by atoms with E-state index in [0.29, 0.717) is 22.2 Å². The fraction of sp³-hybridized carbons (Fsp3) is 0.889. The van der Waals surface area contributed by atoms with Gasteiger partial charge in [0.15, 0.2) is 0 Å². The fourth-order valence-corrected chi connectivity index (χ4v) is 3.30. The summed E-state index contributed by atoms with van der Waals surface area (Å²) in [7, 11) is 0. The number of alkyl halides is 1. The van der Waals surface area contributed by atoms with Gasteiger partial charge in [0.25, 0.3) is 0 Å². The van der Waals surface area contributed by atoms with Crippen molar-refractivity contribution in [2.45, 2.75) is 36.2 Å². The Morgan fingerprint density at radius 3 is 2.92 bits per heavy atom. The number of carbonyl (C=O) groups is 1. The zero-order valence-corrected chi connectivity index (χ0v) is 9.28. The second-order valence-corrected chi connectivity index (χ2v) is 5.49. The quantitative estimate of drug-likeness (QED) is 0.386. The van der Waals surface area contributed by atoms with Crippen molar-refractivity contribution in [2.24, 2.45) is 11.8 Å². The third kappa shape index (κ3) is 1.36. The average Bonchev–Trinajstić information content (AvgIpc) is 2.41. The maximum atomic E-state index is 11.1. The zero-order valence-electron chi connectivity index (χ0n) is 7.13. The Kier molecular flexibility index (Phi) is 2.31. The van der Waals surface area contributed by atoms with Gasteiger partial charge in [0, 0.05) is 9.84 Å². The van der Waals surface area contributed by atoms with Gasteiger partial charge in [0.2, 0.25) is 0 Å². The van der Waals surface area contributed by atoms with E-state index in [1.165, 1.54) is 12.8 Å². The van der Waals surface area contributed by atoms with E-state index < -0.39 is 0 Å². The number of rotatable bonds is 0. The lowest BCUT2D eigenvalue weighted by molar-refractivity contribution is -0.141. The van der Waals surface area contributed by atoms with Crippen molar-refractivity contribution in [3.63, 3.8) is 0 Å². The van der Waals surface area contributed by atoms with Gasteiger partial charge in [0.05, 0.1) is 6.42 Å². The van der Waals surface area contributed by atoms with Crippen molar-refractivity contribution in [3.8, 4) is 0 Å². The predicted octanol–water partition coefficient (Wildman–Crippen LogP) is 2.15. The lowest BCUT2D eigenvalue weighted by Crippen LogP contribution is -2.35. The van der Waals surface area contributed by atoms with Crippen molar-refractivity contribution in [1.29, 1.82) is 0 Å². The van der Waals surface area contributed by atoms with Crippen LogP contribution in [0.5, 0.6) is 0 Å². The van der Waals surface area contributed by atoms with E-state index in [4.69, 9.17) is 4.74 Å². The lowest BCUT2D eigenvalue weighted by atomic mass is 9.78. The highest BCUT2D eigenvalue weighted by atomic mass is 127. The first-order chi connectivity index (χ1) is 5.68. The number of halogens is 1. The van der Waals surface area contributed by atoms with Crippen LogP contribution in [0.15, 0.2) is 0 Å². The number of carbonyl (C=O) groups excluding carboxylic acids is 1. The Labute approximate surface area is 86.2 Å². The van der Waals surface area contributed by atoms with E-state index >= 15 is 0 Å². The van der Waals surface area contributed by atoms with E-state index in [9.17, 15) is 4.79 Å². The molecule has 0 aromatic rings. The van der Waals surface area contributed by atoms with Crippen LogP contribution in [0.3, 0.4) is 0 Å². The summed E-state index contributed by atoms with van der Waals surface area (Å²) in [5.74, 6) is 1.20. The normalized spacial score (nSPS) is 47.0. The summed E-state index contributed by atoms with van der Waals surface area (Å²) in [5, 5.41) is 0. The van der Waals surface area contributed by atoms with Gasteiger partial charge in [-0.05, 0) is 18.8 Å². The van der Waals surface area contributed by atoms with E-state index in [2.05, 4.69) is 29.5 Å². The summed E-state index contributed by atoms with van der Waals surface area (Å²) in [4.78, 5) is 11.1. The van der Waals surface area contributed by atoms with Crippen LogP contribution in [-0.4, -0.2) is 16.0 Å². The molecule has 0 radical (unpaired) electrons. The van der Waals surface area contributed by atoms with Crippen molar-refractivity contribution >= 4 is 28.6 Å². The van der Waals surface area contributed by atoms with Crippen LogP contribution in [-0.2, 0) is 9.53 Å². The standard InChI is InChI=1S/C9H13IO2/c1-5-2-3-7(10)9-6(5)4-8(11)12-9/h5-7,9H,2-4H2,1H3/t5?,6?,7-,9?/m1/s1. The number of fused-ring (bicyclic) bond motifs is 1. The van der Waals surface area contributed by atoms with Gasteiger partial charge >= 0.3 is 5.97 Å². The summed E-state index contributed by atoms with van der Waals surface area (Å²) in [5.41, 5.74) is 0. The van der Waals surface area contributed by atoms with Crippen LogP contribution >= 0.6 is 22.6 Å². The van der Waals surface area contributed by atoms with E-state index in [1.54, 1.807) is 0 Å². The molecule has 68 valence electrons. The molecule has 12 heavy (non-hydrogen) atoms. The molecule has 2 nitrogen and oxygen atoms in total. The Morgan fingerprint density at radius 1 is 1.50 bits per heavy atom. The van der Waals surface area contributed by atoms with Gasteiger partial charge < -0.3 is 4.74 Å². The molecule has 0 aromatic heterocycles. The fourth-order valence-electron chi connectivity index (χ4n) is 2.26. The minimum atomic E-state index is 0.0143. The molecule has 4 atom stereocenters. The highest BCUT2D eigenvalue weighted by molar-refractivity contribution is 14.1. The minimum Gasteiger partial charge on any atom is -0.461 e. The lowest BCUT2D eigenvalue weighted by Gasteiger charge is -2.32. The molecule has 0 N–H and O–H groups in total. The van der Waals surface area contributed by atoms with Gasteiger partial charge in [-0.15, -0.1) is 0 Å². The van der Waals surface area contributed by atoms with Crippen LogP contribution in [0.2, 0.25) is 0 Å². The van der Waals surface area contributed by atoms with Crippen LogP contribution in [0.1, 0.15) is 26.2 Å². The highest BCUT2D eigenvalue weighted by Gasteiger charge is 2.44.